The van der Waals surface area contributed by atoms with Crippen LogP contribution in [-0.2, 0) is 0 Å². The van der Waals surface area contributed by atoms with E-state index in [0.717, 1.165) is 36.5 Å². The molecule has 0 saturated heterocycles. The topological polar surface area (TPSA) is 0 Å². The molecule has 3 fully saturated rings. The largest absolute Gasteiger partial charge is 0.103 e. The molecule has 3 aliphatic carbocycles. The molecule has 33 heavy (non-hydrogen) atoms. The summed E-state index contributed by atoms with van der Waals surface area (Å²) in [5, 5.41) is 0. The molecule has 0 radical (unpaired) electrons. The van der Waals surface area contributed by atoms with Crippen LogP contribution in [0.25, 0.3) is 0 Å². The monoisotopic (exact) mass is 454 g/mol. The van der Waals surface area contributed by atoms with E-state index in [4.69, 9.17) is 0 Å². The van der Waals surface area contributed by atoms with Crippen molar-refractivity contribution in [1.82, 2.24) is 0 Å². The zero-order valence-corrected chi connectivity index (χ0v) is 22.7. The van der Waals surface area contributed by atoms with E-state index in [9.17, 15) is 0 Å². The van der Waals surface area contributed by atoms with E-state index in [2.05, 4.69) is 66.0 Å². The molecule has 0 aromatic rings. The van der Waals surface area contributed by atoms with Gasteiger partial charge in [-0.25, -0.2) is 0 Å². The highest BCUT2D eigenvalue weighted by atomic mass is 14.5. The van der Waals surface area contributed by atoms with Gasteiger partial charge in [0.2, 0.25) is 0 Å². The lowest BCUT2D eigenvalue weighted by atomic mass is 9.62. The first kappa shape index (κ1) is 30.0. The Bertz CT molecular complexity index is 689. The molecular weight excluding hydrogens is 396 g/mol. The molecule has 3 saturated carbocycles. The van der Waals surface area contributed by atoms with Crippen molar-refractivity contribution in [3.63, 3.8) is 0 Å². The molecule has 190 valence electrons. The van der Waals surface area contributed by atoms with Gasteiger partial charge >= 0.3 is 0 Å². The lowest BCUT2D eigenvalue weighted by Crippen LogP contribution is -2.33. The van der Waals surface area contributed by atoms with Crippen LogP contribution in [0.3, 0.4) is 0 Å². The third-order valence-corrected chi connectivity index (χ3v) is 9.54. The fourth-order valence-corrected chi connectivity index (χ4v) is 6.71. The normalized spacial score (nSPS) is 35.0. The summed E-state index contributed by atoms with van der Waals surface area (Å²) >= 11 is 0. The fraction of sp³-hybridized carbons (Fsp3) is 0.758. The fourth-order valence-electron chi connectivity index (χ4n) is 6.71. The summed E-state index contributed by atoms with van der Waals surface area (Å²) in [6.07, 6.45) is 21.9. The van der Waals surface area contributed by atoms with Gasteiger partial charge in [0.05, 0.1) is 0 Å². The van der Waals surface area contributed by atoms with Crippen molar-refractivity contribution in [1.29, 1.82) is 0 Å². The van der Waals surface area contributed by atoms with Gasteiger partial charge in [0.1, 0.15) is 0 Å². The maximum absolute atomic E-state index is 4.41. The van der Waals surface area contributed by atoms with Crippen LogP contribution < -0.4 is 0 Å². The van der Waals surface area contributed by atoms with E-state index in [-0.39, 0.29) is 12.8 Å². The Morgan fingerprint density at radius 3 is 2.33 bits per heavy atom. The van der Waals surface area contributed by atoms with E-state index in [1.54, 1.807) is 5.57 Å². The highest BCUT2D eigenvalue weighted by molar-refractivity contribution is 5.37. The number of hydrogen-bond donors (Lipinski definition) is 0. The standard InChI is InChI=1S/C30H48.C2H6.CH4/c1-8-29(6)20-18-25(24(5)21-29)14-15-26-12-10-19-30(7)27(16-17-28(26)30)13-9-11-23(4)22(2)3;1-2;/h8,14-15,22-23,27-28H,1,5,9-13,16-21H2,2-4,6-7H3;1-2H3;1H4/b25-14+,26-15+;;. The third kappa shape index (κ3) is 7.22. The molecule has 5 unspecified atom stereocenters. The minimum absolute atomic E-state index is 0. The molecule has 0 heterocycles. The maximum atomic E-state index is 4.41. The van der Waals surface area contributed by atoms with Crippen LogP contribution in [0.5, 0.6) is 0 Å². The number of rotatable bonds is 7. The van der Waals surface area contributed by atoms with Gasteiger partial charge in [-0.1, -0.05) is 105 Å². The summed E-state index contributed by atoms with van der Waals surface area (Å²) < 4.78 is 0. The van der Waals surface area contributed by atoms with Crippen molar-refractivity contribution in [2.24, 2.45) is 34.5 Å². The Hall–Kier alpha value is -1.04. The molecule has 0 spiro atoms. The van der Waals surface area contributed by atoms with Crippen LogP contribution in [-0.4, -0.2) is 0 Å². The van der Waals surface area contributed by atoms with Gasteiger partial charge in [0, 0.05) is 0 Å². The summed E-state index contributed by atoms with van der Waals surface area (Å²) in [6, 6.07) is 0. The second-order valence-electron chi connectivity index (χ2n) is 11.9. The van der Waals surface area contributed by atoms with Crippen molar-refractivity contribution < 1.29 is 0 Å². The lowest BCUT2D eigenvalue weighted by molar-refractivity contribution is 0.125. The quantitative estimate of drug-likeness (QED) is 0.335. The zero-order valence-electron chi connectivity index (χ0n) is 22.7. The first-order valence-corrected chi connectivity index (χ1v) is 13.9. The molecular formula is C33H58. The van der Waals surface area contributed by atoms with Crippen molar-refractivity contribution in [2.45, 2.75) is 127 Å². The molecule has 0 aromatic heterocycles. The Labute approximate surface area is 209 Å². The van der Waals surface area contributed by atoms with Gasteiger partial charge in [-0.05, 0) is 97.9 Å². The molecule has 0 aromatic carbocycles. The second kappa shape index (κ2) is 13.2. The van der Waals surface area contributed by atoms with Crippen molar-refractivity contribution in [2.75, 3.05) is 0 Å². The van der Waals surface area contributed by atoms with Gasteiger partial charge in [-0.3, -0.25) is 0 Å². The molecule has 5 atom stereocenters. The third-order valence-electron chi connectivity index (χ3n) is 9.54. The summed E-state index contributed by atoms with van der Waals surface area (Å²) in [5.41, 5.74) is 5.37. The van der Waals surface area contributed by atoms with Gasteiger partial charge in [-0.2, -0.15) is 0 Å². The average Bonchev–Trinajstić information content (AvgIpc) is 3.11. The molecule has 0 nitrogen and oxygen atoms in total. The Morgan fingerprint density at radius 1 is 1.03 bits per heavy atom. The molecule has 0 N–H and O–H groups in total. The van der Waals surface area contributed by atoms with E-state index in [1.165, 1.54) is 68.9 Å². The van der Waals surface area contributed by atoms with Crippen LogP contribution in [0.4, 0.5) is 0 Å². The van der Waals surface area contributed by atoms with Crippen LogP contribution >= 0.6 is 0 Å². The molecule has 3 rings (SSSR count). The maximum Gasteiger partial charge on any atom is -0.0106 e. The van der Waals surface area contributed by atoms with Gasteiger partial charge in [0.15, 0.2) is 0 Å². The summed E-state index contributed by atoms with van der Waals surface area (Å²) in [4.78, 5) is 0. The van der Waals surface area contributed by atoms with Crippen LogP contribution in [0.1, 0.15) is 127 Å². The van der Waals surface area contributed by atoms with E-state index >= 15 is 0 Å². The SMILES string of the molecule is C.C=CC1(C)CC/C(=C\C=C2/CCCC3(C)C(CCCC(C)C(C)C)CCC23)C(=C)C1.CC. The van der Waals surface area contributed by atoms with Crippen LogP contribution in [0.2, 0.25) is 0 Å². The first-order chi connectivity index (χ1) is 15.2. The zero-order chi connectivity index (χ0) is 23.9. The summed E-state index contributed by atoms with van der Waals surface area (Å²) in [5.74, 6) is 3.46. The van der Waals surface area contributed by atoms with Crippen LogP contribution in [0.15, 0.2) is 48.1 Å². The summed E-state index contributed by atoms with van der Waals surface area (Å²) in [7, 11) is 0. The minimum atomic E-state index is 0. The smallest absolute Gasteiger partial charge is 0.0106 e. The van der Waals surface area contributed by atoms with E-state index in [1.807, 2.05) is 13.8 Å². The highest BCUT2D eigenvalue weighted by Crippen LogP contribution is 2.58. The van der Waals surface area contributed by atoms with Gasteiger partial charge in [0.25, 0.3) is 0 Å². The van der Waals surface area contributed by atoms with Crippen molar-refractivity contribution in [3.8, 4) is 0 Å². The molecule has 0 heteroatoms. The van der Waals surface area contributed by atoms with Crippen molar-refractivity contribution >= 4 is 0 Å². The van der Waals surface area contributed by atoms with Gasteiger partial charge < -0.3 is 0 Å². The highest BCUT2D eigenvalue weighted by Gasteiger charge is 2.48. The van der Waals surface area contributed by atoms with E-state index < -0.39 is 0 Å². The van der Waals surface area contributed by atoms with Crippen molar-refractivity contribution in [3.05, 3.63) is 48.1 Å². The number of fused-ring (bicyclic) bond motifs is 1. The molecule has 0 aliphatic heterocycles. The Balaban J connectivity index is 0.00000177. The second-order valence-corrected chi connectivity index (χ2v) is 11.9. The molecule has 0 bridgehead atoms. The first-order valence-electron chi connectivity index (χ1n) is 13.9. The van der Waals surface area contributed by atoms with E-state index in [0.29, 0.717) is 5.41 Å². The average molecular weight is 455 g/mol. The number of allylic oxidation sites excluding steroid dienone is 6. The minimum Gasteiger partial charge on any atom is -0.103 e. The Morgan fingerprint density at radius 2 is 1.73 bits per heavy atom. The predicted molar refractivity (Wildman–Crippen MR) is 152 cm³/mol. The van der Waals surface area contributed by atoms with Gasteiger partial charge in [-0.15, -0.1) is 6.58 Å². The summed E-state index contributed by atoms with van der Waals surface area (Å²) in [6.45, 7) is 24.6. The number of hydrogen-bond acceptors (Lipinski definition) is 0. The van der Waals surface area contributed by atoms with Crippen LogP contribution in [0, 0.1) is 34.5 Å². The predicted octanol–water partition coefficient (Wildman–Crippen LogP) is 11.1. The lowest BCUT2D eigenvalue weighted by Gasteiger charge is -2.42. The molecule has 3 aliphatic rings. The molecule has 0 amide bonds. The Kier molecular flexibility index (Phi) is 12.0.